The highest BCUT2D eigenvalue weighted by Crippen LogP contribution is 2.18. The average Bonchev–Trinajstić information content (AvgIpc) is 2.92. The van der Waals surface area contributed by atoms with E-state index in [9.17, 15) is 10.2 Å². The second-order valence-electron chi connectivity index (χ2n) is 5.52. The summed E-state index contributed by atoms with van der Waals surface area (Å²) in [5.74, 6) is 1.31. The molecule has 0 saturated carbocycles. The predicted octanol–water partition coefficient (Wildman–Crippen LogP) is 2.28. The van der Waals surface area contributed by atoms with Crippen molar-refractivity contribution in [3.8, 4) is 5.75 Å². The van der Waals surface area contributed by atoms with E-state index in [1.165, 1.54) is 0 Å². The van der Waals surface area contributed by atoms with Crippen molar-refractivity contribution in [3.63, 3.8) is 0 Å². The summed E-state index contributed by atoms with van der Waals surface area (Å²) in [7, 11) is 0. The Bertz CT molecular complexity index is 798. The SMILES string of the molecule is Cc1ccccc1OCC(O)Cn1c(CO)nc2ccccc21. The van der Waals surface area contributed by atoms with Gasteiger partial charge in [-0.1, -0.05) is 30.3 Å². The number of nitrogens with zero attached hydrogens (tertiary/aromatic N) is 2. The highest BCUT2D eigenvalue weighted by atomic mass is 16.5. The molecular formula is C18H20N2O3. The molecule has 5 nitrogen and oxygen atoms in total. The average molecular weight is 312 g/mol. The van der Waals surface area contributed by atoms with E-state index in [4.69, 9.17) is 4.74 Å². The van der Waals surface area contributed by atoms with Crippen LogP contribution >= 0.6 is 0 Å². The van der Waals surface area contributed by atoms with Crippen molar-refractivity contribution < 1.29 is 14.9 Å². The molecule has 5 heteroatoms. The molecular weight excluding hydrogens is 292 g/mol. The maximum Gasteiger partial charge on any atom is 0.135 e. The second kappa shape index (κ2) is 6.81. The number of aryl methyl sites for hydroxylation is 1. The normalized spacial score (nSPS) is 12.5. The number of imidazole rings is 1. The molecule has 0 aliphatic heterocycles. The zero-order valence-electron chi connectivity index (χ0n) is 13.0. The van der Waals surface area contributed by atoms with Crippen LogP contribution in [0.4, 0.5) is 0 Å². The number of aliphatic hydroxyl groups is 2. The van der Waals surface area contributed by atoms with Crippen molar-refractivity contribution in [1.82, 2.24) is 9.55 Å². The fourth-order valence-electron chi connectivity index (χ4n) is 2.62. The predicted molar refractivity (Wildman–Crippen MR) is 88.3 cm³/mol. The van der Waals surface area contributed by atoms with Gasteiger partial charge in [-0.2, -0.15) is 0 Å². The lowest BCUT2D eigenvalue weighted by Gasteiger charge is -2.16. The number of fused-ring (bicyclic) bond motifs is 1. The van der Waals surface area contributed by atoms with Gasteiger partial charge in [0, 0.05) is 0 Å². The largest absolute Gasteiger partial charge is 0.491 e. The molecule has 0 spiro atoms. The number of rotatable bonds is 6. The van der Waals surface area contributed by atoms with Crippen LogP contribution in [-0.2, 0) is 13.2 Å². The van der Waals surface area contributed by atoms with Gasteiger partial charge in [0.2, 0.25) is 0 Å². The van der Waals surface area contributed by atoms with E-state index in [-0.39, 0.29) is 13.2 Å². The maximum absolute atomic E-state index is 10.3. The first-order valence-electron chi connectivity index (χ1n) is 7.60. The number of benzene rings is 2. The molecule has 0 aliphatic carbocycles. The standard InChI is InChI=1S/C18H20N2O3/c1-13-6-2-5-9-17(13)23-12-14(22)10-20-16-8-4-3-7-15(16)19-18(20)11-21/h2-9,14,21-22H,10-12H2,1H3. The highest BCUT2D eigenvalue weighted by molar-refractivity contribution is 5.75. The molecule has 3 aromatic rings. The van der Waals surface area contributed by atoms with Gasteiger partial charge in [-0.25, -0.2) is 4.98 Å². The maximum atomic E-state index is 10.3. The van der Waals surface area contributed by atoms with Crippen LogP contribution in [0.15, 0.2) is 48.5 Å². The van der Waals surface area contributed by atoms with E-state index in [2.05, 4.69) is 4.98 Å². The summed E-state index contributed by atoms with van der Waals surface area (Å²) in [6.45, 7) is 2.31. The molecule has 1 heterocycles. The Morgan fingerprint density at radius 2 is 1.87 bits per heavy atom. The summed E-state index contributed by atoms with van der Waals surface area (Å²) >= 11 is 0. The van der Waals surface area contributed by atoms with Crippen LogP contribution < -0.4 is 4.74 Å². The van der Waals surface area contributed by atoms with Gasteiger partial charge in [0.1, 0.15) is 30.9 Å². The second-order valence-corrected chi connectivity index (χ2v) is 5.52. The zero-order valence-corrected chi connectivity index (χ0v) is 13.0. The third kappa shape index (κ3) is 3.36. The van der Waals surface area contributed by atoms with Gasteiger partial charge in [-0.15, -0.1) is 0 Å². The van der Waals surface area contributed by atoms with Gasteiger partial charge in [-0.05, 0) is 30.7 Å². The monoisotopic (exact) mass is 312 g/mol. The third-order valence-corrected chi connectivity index (χ3v) is 3.79. The van der Waals surface area contributed by atoms with Gasteiger partial charge >= 0.3 is 0 Å². The molecule has 1 unspecified atom stereocenters. The summed E-state index contributed by atoms with van der Waals surface area (Å²) in [4.78, 5) is 4.38. The number of aliphatic hydroxyl groups excluding tert-OH is 2. The van der Waals surface area contributed by atoms with Gasteiger partial charge in [0.15, 0.2) is 0 Å². The van der Waals surface area contributed by atoms with Crippen LogP contribution in [0.25, 0.3) is 11.0 Å². The minimum atomic E-state index is -0.697. The van der Waals surface area contributed by atoms with E-state index >= 15 is 0 Å². The van der Waals surface area contributed by atoms with Crippen molar-refractivity contribution >= 4 is 11.0 Å². The number of hydrogen-bond acceptors (Lipinski definition) is 4. The van der Waals surface area contributed by atoms with Crippen molar-refractivity contribution in [2.24, 2.45) is 0 Å². The number of ether oxygens (including phenoxy) is 1. The first-order valence-corrected chi connectivity index (χ1v) is 7.60. The molecule has 0 amide bonds. The lowest BCUT2D eigenvalue weighted by atomic mass is 10.2. The molecule has 0 fully saturated rings. The van der Waals surface area contributed by atoms with Crippen LogP contribution in [0.1, 0.15) is 11.4 Å². The first kappa shape index (κ1) is 15.5. The summed E-state index contributed by atoms with van der Waals surface area (Å²) in [6, 6.07) is 15.3. The molecule has 0 radical (unpaired) electrons. The van der Waals surface area contributed by atoms with Crippen LogP contribution in [0.3, 0.4) is 0 Å². The van der Waals surface area contributed by atoms with E-state index in [1.807, 2.05) is 60.0 Å². The molecule has 120 valence electrons. The fraction of sp³-hybridized carbons (Fsp3) is 0.278. The van der Waals surface area contributed by atoms with Crippen LogP contribution in [0.5, 0.6) is 5.75 Å². The molecule has 1 atom stereocenters. The molecule has 3 rings (SSSR count). The zero-order chi connectivity index (χ0) is 16.2. The molecule has 0 bridgehead atoms. The van der Waals surface area contributed by atoms with Crippen molar-refractivity contribution in [1.29, 1.82) is 0 Å². The molecule has 23 heavy (non-hydrogen) atoms. The Morgan fingerprint density at radius 1 is 1.13 bits per heavy atom. The van der Waals surface area contributed by atoms with E-state index in [0.717, 1.165) is 22.3 Å². The summed E-state index contributed by atoms with van der Waals surface area (Å²) in [5.41, 5.74) is 2.74. The summed E-state index contributed by atoms with van der Waals surface area (Å²) in [6.07, 6.45) is -0.697. The van der Waals surface area contributed by atoms with Crippen LogP contribution in [0, 0.1) is 6.92 Å². The summed E-state index contributed by atoms with van der Waals surface area (Å²) < 4.78 is 7.52. The Balaban J connectivity index is 1.73. The number of para-hydroxylation sites is 3. The Kier molecular flexibility index (Phi) is 4.60. The van der Waals surface area contributed by atoms with Crippen molar-refractivity contribution in [3.05, 3.63) is 59.9 Å². The molecule has 2 N–H and O–H groups in total. The molecule has 0 saturated heterocycles. The first-order chi connectivity index (χ1) is 11.2. The van der Waals surface area contributed by atoms with E-state index < -0.39 is 6.10 Å². The highest BCUT2D eigenvalue weighted by Gasteiger charge is 2.14. The lowest BCUT2D eigenvalue weighted by Crippen LogP contribution is -2.24. The van der Waals surface area contributed by atoms with Gasteiger partial charge in [0.25, 0.3) is 0 Å². The Hall–Kier alpha value is -2.37. The quantitative estimate of drug-likeness (QED) is 0.733. The van der Waals surface area contributed by atoms with Crippen molar-refractivity contribution in [2.45, 2.75) is 26.2 Å². The van der Waals surface area contributed by atoms with Gasteiger partial charge in [-0.3, -0.25) is 0 Å². The number of hydrogen-bond donors (Lipinski definition) is 2. The third-order valence-electron chi connectivity index (χ3n) is 3.79. The minimum Gasteiger partial charge on any atom is -0.491 e. The smallest absolute Gasteiger partial charge is 0.135 e. The fourth-order valence-corrected chi connectivity index (χ4v) is 2.62. The Labute approximate surface area is 134 Å². The molecule has 2 aromatic carbocycles. The minimum absolute atomic E-state index is 0.167. The van der Waals surface area contributed by atoms with Gasteiger partial charge < -0.3 is 19.5 Å². The van der Waals surface area contributed by atoms with E-state index in [0.29, 0.717) is 12.4 Å². The topological polar surface area (TPSA) is 67.5 Å². The lowest BCUT2D eigenvalue weighted by molar-refractivity contribution is 0.0911. The van der Waals surface area contributed by atoms with Crippen LogP contribution in [0.2, 0.25) is 0 Å². The van der Waals surface area contributed by atoms with Gasteiger partial charge in [0.05, 0.1) is 17.6 Å². The van der Waals surface area contributed by atoms with Crippen molar-refractivity contribution in [2.75, 3.05) is 6.61 Å². The van der Waals surface area contributed by atoms with Crippen LogP contribution in [-0.4, -0.2) is 32.5 Å². The molecule has 1 aromatic heterocycles. The summed E-state index contributed by atoms with van der Waals surface area (Å²) in [5, 5.41) is 19.8. The Morgan fingerprint density at radius 3 is 2.65 bits per heavy atom. The number of aromatic nitrogens is 2. The van der Waals surface area contributed by atoms with E-state index in [1.54, 1.807) is 0 Å². The molecule has 0 aliphatic rings.